The number of benzene rings is 2. The lowest BCUT2D eigenvalue weighted by Crippen LogP contribution is -2.34. The molecule has 0 bridgehead atoms. The minimum atomic E-state index is 0.390. The van der Waals surface area contributed by atoms with Crippen molar-refractivity contribution < 1.29 is 4.74 Å². The quantitative estimate of drug-likeness (QED) is 0.884. The second-order valence-corrected chi connectivity index (χ2v) is 5.43. The van der Waals surface area contributed by atoms with Gasteiger partial charge in [0.2, 0.25) is 0 Å². The summed E-state index contributed by atoms with van der Waals surface area (Å²) < 4.78 is 5.42. The van der Waals surface area contributed by atoms with Crippen LogP contribution in [-0.4, -0.2) is 19.7 Å². The summed E-state index contributed by atoms with van der Waals surface area (Å²) in [6.07, 6.45) is 1.15. The fourth-order valence-corrected chi connectivity index (χ4v) is 3.02. The molecule has 2 N–H and O–H groups in total. The maximum absolute atomic E-state index is 5.42. The Balaban J connectivity index is 1.67. The Bertz CT molecular complexity index is 570. The Morgan fingerprint density at radius 1 is 1.10 bits per heavy atom. The summed E-state index contributed by atoms with van der Waals surface area (Å²) in [6.45, 7) is 1.89. The van der Waals surface area contributed by atoms with Gasteiger partial charge in [-0.1, -0.05) is 48.5 Å². The van der Waals surface area contributed by atoms with Crippen molar-refractivity contribution in [2.45, 2.75) is 25.0 Å². The van der Waals surface area contributed by atoms with E-state index in [1.54, 1.807) is 7.11 Å². The van der Waals surface area contributed by atoms with Gasteiger partial charge in [0, 0.05) is 24.2 Å². The van der Waals surface area contributed by atoms with Crippen LogP contribution >= 0.6 is 0 Å². The molecule has 21 heavy (non-hydrogen) atoms. The lowest BCUT2D eigenvalue weighted by Gasteiger charge is -2.22. The van der Waals surface area contributed by atoms with Crippen LogP contribution in [0.25, 0.3) is 0 Å². The van der Waals surface area contributed by atoms with E-state index in [0.717, 1.165) is 25.3 Å². The molecular formula is C18H22N2O. The van der Waals surface area contributed by atoms with Crippen LogP contribution in [0.5, 0.6) is 5.75 Å². The molecule has 3 nitrogen and oxygen atoms in total. The lowest BCUT2D eigenvalue weighted by molar-refractivity contribution is 0.401. The Kier molecular flexibility index (Phi) is 4.53. The zero-order valence-corrected chi connectivity index (χ0v) is 12.4. The van der Waals surface area contributed by atoms with Crippen molar-refractivity contribution in [2.24, 2.45) is 0 Å². The van der Waals surface area contributed by atoms with E-state index in [-0.39, 0.29) is 0 Å². The van der Waals surface area contributed by atoms with Crippen LogP contribution in [0, 0.1) is 0 Å². The Hall–Kier alpha value is -1.84. The standard InChI is InChI=1S/C18H22N2O/c1-21-17-10-6-5-9-15(17)13-20-16-11-12-19-18(16)14-7-3-2-4-8-14/h2-10,16,18-20H,11-13H2,1H3/t16?,18-/m0/s1. The van der Waals surface area contributed by atoms with Gasteiger partial charge in [-0.15, -0.1) is 0 Å². The first-order valence-corrected chi connectivity index (χ1v) is 7.52. The molecule has 1 aliphatic rings. The van der Waals surface area contributed by atoms with Gasteiger partial charge in [0.15, 0.2) is 0 Å². The smallest absolute Gasteiger partial charge is 0.123 e. The van der Waals surface area contributed by atoms with Crippen molar-refractivity contribution in [3.8, 4) is 5.75 Å². The number of para-hydroxylation sites is 1. The van der Waals surface area contributed by atoms with Gasteiger partial charge in [0.1, 0.15) is 5.75 Å². The molecule has 110 valence electrons. The number of hydrogen-bond acceptors (Lipinski definition) is 3. The minimum absolute atomic E-state index is 0.390. The van der Waals surface area contributed by atoms with Gasteiger partial charge in [-0.3, -0.25) is 0 Å². The first-order valence-electron chi connectivity index (χ1n) is 7.52. The molecule has 1 unspecified atom stereocenters. The van der Waals surface area contributed by atoms with Crippen molar-refractivity contribution in [2.75, 3.05) is 13.7 Å². The zero-order chi connectivity index (χ0) is 14.5. The van der Waals surface area contributed by atoms with E-state index in [9.17, 15) is 0 Å². The summed E-state index contributed by atoms with van der Waals surface area (Å²) in [5.41, 5.74) is 2.56. The molecule has 2 aromatic carbocycles. The molecule has 3 heteroatoms. The van der Waals surface area contributed by atoms with Crippen LogP contribution in [0.4, 0.5) is 0 Å². The van der Waals surface area contributed by atoms with Crippen LogP contribution in [0.2, 0.25) is 0 Å². The molecule has 1 heterocycles. The van der Waals surface area contributed by atoms with Gasteiger partial charge in [0.05, 0.1) is 7.11 Å². The summed E-state index contributed by atoms with van der Waals surface area (Å²) in [7, 11) is 1.72. The average molecular weight is 282 g/mol. The molecule has 0 aromatic heterocycles. The Morgan fingerprint density at radius 3 is 2.67 bits per heavy atom. The molecule has 0 spiro atoms. The molecule has 0 aliphatic carbocycles. The predicted molar refractivity (Wildman–Crippen MR) is 85.4 cm³/mol. The van der Waals surface area contributed by atoms with Crippen LogP contribution in [-0.2, 0) is 6.54 Å². The molecule has 1 fully saturated rings. The fourth-order valence-electron chi connectivity index (χ4n) is 3.02. The Morgan fingerprint density at radius 2 is 1.86 bits per heavy atom. The molecule has 2 atom stereocenters. The van der Waals surface area contributed by atoms with Crippen LogP contribution in [0.1, 0.15) is 23.6 Å². The van der Waals surface area contributed by atoms with E-state index in [4.69, 9.17) is 4.74 Å². The first-order chi connectivity index (χ1) is 10.4. The molecule has 0 radical (unpaired) electrons. The van der Waals surface area contributed by atoms with E-state index in [2.05, 4.69) is 53.1 Å². The van der Waals surface area contributed by atoms with E-state index in [0.29, 0.717) is 12.1 Å². The third-order valence-corrected chi connectivity index (χ3v) is 4.13. The summed E-state index contributed by atoms with van der Waals surface area (Å²) in [4.78, 5) is 0. The van der Waals surface area contributed by atoms with E-state index in [1.165, 1.54) is 11.1 Å². The highest BCUT2D eigenvalue weighted by molar-refractivity contribution is 5.33. The highest BCUT2D eigenvalue weighted by Gasteiger charge is 2.27. The van der Waals surface area contributed by atoms with Crippen molar-refractivity contribution in [1.82, 2.24) is 10.6 Å². The molecule has 1 aliphatic heterocycles. The summed E-state index contributed by atoms with van der Waals surface area (Å²) in [5, 5.41) is 7.27. The monoisotopic (exact) mass is 282 g/mol. The molecule has 0 saturated carbocycles. The number of nitrogens with one attached hydrogen (secondary N) is 2. The van der Waals surface area contributed by atoms with E-state index in [1.807, 2.05) is 12.1 Å². The average Bonchev–Trinajstić information content (AvgIpc) is 3.02. The Labute approximate surface area is 126 Å². The lowest BCUT2D eigenvalue weighted by atomic mass is 10.0. The van der Waals surface area contributed by atoms with E-state index < -0.39 is 0 Å². The maximum Gasteiger partial charge on any atom is 0.123 e. The van der Waals surface area contributed by atoms with Crippen LogP contribution < -0.4 is 15.4 Å². The highest BCUT2D eigenvalue weighted by Crippen LogP contribution is 2.25. The topological polar surface area (TPSA) is 33.3 Å². The van der Waals surface area contributed by atoms with Gasteiger partial charge in [0.25, 0.3) is 0 Å². The highest BCUT2D eigenvalue weighted by atomic mass is 16.5. The second-order valence-electron chi connectivity index (χ2n) is 5.43. The number of hydrogen-bond donors (Lipinski definition) is 2. The predicted octanol–water partition coefficient (Wildman–Crippen LogP) is 2.89. The number of rotatable bonds is 5. The molecule has 3 rings (SSSR count). The maximum atomic E-state index is 5.42. The van der Waals surface area contributed by atoms with Crippen molar-refractivity contribution >= 4 is 0 Å². The van der Waals surface area contributed by atoms with Crippen molar-refractivity contribution in [1.29, 1.82) is 0 Å². The summed E-state index contributed by atoms with van der Waals surface area (Å²) >= 11 is 0. The third-order valence-electron chi connectivity index (χ3n) is 4.13. The largest absolute Gasteiger partial charge is 0.496 e. The van der Waals surface area contributed by atoms with Gasteiger partial charge in [-0.25, -0.2) is 0 Å². The van der Waals surface area contributed by atoms with Crippen molar-refractivity contribution in [3.63, 3.8) is 0 Å². The van der Waals surface area contributed by atoms with Crippen molar-refractivity contribution in [3.05, 3.63) is 65.7 Å². The first kappa shape index (κ1) is 14.1. The fraction of sp³-hybridized carbons (Fsp3) is 0.333. The van der Waals surface area contributed by atoms with Gasteiger partial charge >= 0.3 is 0 Å². The number of ether oxygens (including phenoxy) is 1. The van der Waals surface area contributed by atoms with Gasteiger partial charge < -0.3 is 15.4 Å². The summed E-state index contributed by atoms with van der Waals surface area (Å²) in [6, 6.07) is 19.7. The zero-order valence-electron chi connectivity index (χ0n) is 12.4. The van der Waals surface area contributed by atoms with Crippen LogP contribution in [0.15, 0.2) is 54.6 Å². The molecule has 1 saturated heterocycles. The third kappa shape index (κ3) is 3.26. The molecule has 0 amide bonds. The molecule has 2 aromatic rings. The summed E-state index contributed by atoms with van der Waals surface area (Å²) in [5.74, 6) is 0.951. The van der Waals surface area contributed by atoms with E-state index >= 15 is 0 Å². The SMILES string of the molecule is COc1ccccc1CNC1CCN[C@H]1c1ccccc1. The molecular weight excluding hydrogens is 260 g/mol. The minimum Gasteiger partial charge on any atom is -0.496 e. The number of methoxy groups -OCH3 is 1. The normalized spacial score (nSPS) is 21.4. The van der Waals surface area contributed by atoms with Crippen LogP contribution in [0.3, 0.4) is 0 Å². The second kappa shape index (κ2) is 6.74. The van der Waals surface area contributed by atoms with Gasteiger partial charge in [-0.05, 0) is 24.6 Å². The van der Waals surface area contributed by atoms with Gasteiger partial charge in [-0.2, -0.15) is 0 Å².